The quantitative estimate of drug-likeness (QED) is 0.685. The fourth-order valence-corrected chi connectivity index (χ4v) is 4.33. The summed E-state index contributed by atoms with van der Waals surface area (Å²) in [4.78, 5) is 2.52. The van der Waals surface area contributed by atoms with Gasteiger partial charge in [-0.2, -0.15) is 0 Å². The second-order valence-electron chi connectivity index (χ2n) is 7.88. The highest BCUT2D eigenvalue weighted by Crippen LogP contribution is 2.34. The number of piperidine rings is 1. The molecule has 1 aromatic carbocycles. The number of likely N-dealkylation sites (tertiary alicyclic amines) is 1. The normalized spacial score (nSPS) is 17.3. The van der Waals surface area contributed by atoms with Crippen molar-refractivity contribution in [2.24, 2.45) is 0 Å². The zero-order chi connectivity index (χ0) is 20.1. The summed E-state index contributed by atoms with van der Waals surface area (Å²) >= 11 is 0. The van der Waals surface area contributed by atoms with Crippen LogP contribution in [0, 0.1) is 0 Å². The van der Waals surface area contributed by atoms with Crippen molar-refractivity contribution >= 4 is 12.4 Å². The van der Waals surface area contributed by atoms with E-state index in [9.17, 15) is 0 Å². The Morgan fingerprint density at radius 3 is 2.70 bits per heavy atom. The molecule has 0 spiro atoms. The average Bonchev–Trinajstić information content (AvgIpc) is 3.18. The molecule has 0 aliphatic carbocycles. The first-order chi connectivity index (χ1) is 14.3. The fraction of sp³-hybridized carbons (Fsp3) is 0.636. The molecule has 0 amide bonds. The van der Waals surface area contributed by atoms with E-state index < -0.39 is 0 Å². The Morgan fingerprint density at radius 1 is 1.10 bits per heavy atom. The molecule has 2 aliphatic heterocycles. The second-order valence-corrected chi connectivity index (χ2v) is 7.88. The lowest BCUT2D eigenvalue weighted by molar-refractivity contribution is 0.194. The molecule has 0 radical (unpaired) electrons. The van der Waals surface area contributed by atoms with Crippen LogP contribution in [0.15, 0.2) is 18.2 Å². The summed E-state index contributed by atoms with van der Waals surface area (Å²) in [6.07, 6.45) is 3.24. The van der Waals surface area contributed by atoms with E-state index in [1.807, 2.05) is 13.0 Å². The zero-order valence-electron chi connectivity index (χ0n) is 18.1. The van der Waals surface area contributed by atoms with E-state index in [1.54, 1.807) is 0 Å². The standard InChI is InChI=1S/C22H33N5O2.ClH/c1-3-14-29-21-18(6-5-7-19(21)28-4-2)16-26-11-8-17(9-12-26)22-25-24-20-15-23-10-13-27(20)22;/h5-7,17,23H,3-4,8-16H2,1-2H3;1H. The molecular formula is C22H34ClN5O2. The summed E-state index contributed by atoms with van der Waals surface area (Å²) in [5, 5.41) is 12.3. The molecule has 7 nitrogen and oxygen atoms in total. The van der Waals surface area contributed by atoms with E-state index in [0.29, 0.717) is 19.1 Å². The van der Waals surface area contributed by atoms with Crippen LogP contribution in [0.1, 0.15) is 56.2 Å². The van der Waals surface area contributed by atoms with Crippen molar-refractivity contribution in [1.29, 1.82) is 0 Å². The van der Waals surface area contributed by atoms with Gasteiger partial charge in [-0.25, -0.2) is 0 Å². The lowest BCUT2D eigenvalue weighted by Crippen LogP contribution is -2.34. The zero-order valence-corrected chi connectivity index (χ0v) is 18.9. The number of hydrogen-bond donors (Lipinski definition) is 1. The summed E-state index contributed by atoms with van der Waals surface area (Å²) in [5.41, 5.74) is 1.22. The third kappa shape index (κ3) is 5.07. The Morgan fingerprint density at radius 2 is 1.93 bits per heavy atom. The number of benzene rings is 1. The van der Waals surface area contributed by atoms with Crippen LogP contribution >= 0.6 is 12.4 Å². The van der Waals surface area contributed by atoms with Crippen molar-refractivity contribution < 1.29 is 9.47 Å². The molecule has 0 saturated carbocycles. The molecule has 0 bridgehead atoms. The Labute approximate surface area is 185 Å². The highest BCUT2D eigenvalue weighted by molar-refractivity contribution is 5.85. The van der Waals surface area contributed by atoms with E-state index in [2.05, 4.69) is 44.0 Å². The Hall–Kier alpha value is -1.83. The number of halogens is 1. The van der Waals surface area contributed by atoms with Crippen LogP contribution in [0.2, 0.25) is 0 Å². The van der Waals surface area contributed by atoms with Crippen LogP contribution in [-0.2, 0) is 19.6 Å². The third-order valence-corrected chi connectivity index (χ3v) is 5.81. The lowest BCUT2D eigenvalue weighted by atomic mass is 9.95. The van der Waals surface area contributed by atoms with Gasteiger partial charge in [0.1, 0.15) is 11.6 Å². The van der Waals surface area contributed by atoms with Gasteiger partial charge >= 0.3 is 0 Å². The first kappa shape index (κ1) is 22.8. The number of ether oxygens (including phenoxy) is 2. The minimum atomic E-state index is 0. The van der Waals surface area contributed by atoms with Gasteiger partial charge in [0.15, 0.2) is 11.5 Å². The molecule has 166 valence electrons. The van der Waals surface area contributed by atoms with Crippen LogP contribution < -0.4 is 14.8 Å². The number of aromatic nitrogens is 3. The first-order valence-corrected chi connectivity index (χ1v) is 11.0. The van der Waals surface area contributed by atoms with Crippen LogP contribution in [0.25, 0.3) is 0 Å². The number of fused-ring (bicyclic) bond motifs is 1. The van der Waals surface area contributed by atoms with Gasteiger partial charge in [0.25, 0.3) is 0 Å². The summed E-state index contributed by atoms with van der Waals surface area (Å²) in [6.45, 7) is 11.4. The predicted octanol–water partition coefficient (Wildman–Crippen LogP) is 3.37. The molecule has 1 saturated heterocycles. The number of nitrogens with zero attached hydrogens (tertiary/aromatic N) is 4. The maximum atomic E-state index is 6.07. The Bertz CT molecular complexity index is 805. The maximum Gasteiger partial charge on any atom is 0.165 e. The van der Waals surface area contributed by atoms with Crippen molar-refractivity contribution in [2.45, 2.75) is 58.7 Å². The van der Waals surface area contributed by atoms with E-state index in [1.165, 1.54) is 11.4 Å². The minimum absolute atomic E-state index is 0. The van der Waals surface area contributed by atoms with Gasteiger partial charge in [0, 0.05) is 31.1 Å². The van der Waals surface area contributed by atoms with Gasteiger partial charge in [-0.1, -0.05) is 19.1 Å². The van der Waals surface area contributed by atoms with Crippen LogP contribution in [0.5, 0.6) is 11.5 Å². The maximum absolute atomic E-state index is 6.07. The predicted molar refractivity (Wildman–Crippen MR) is 120 cm³/mol. The molecule has 1 aromatic heterocycles. The van der Waals surface area contributed by atoms with E-state index in [-0.39, 0.29) is 12.4 Å². The Kier molecular flexibility index (Phi) is 8.36. The molecule has 4 rings (SSSR count). The summed E-state index contributed by atoms with van der Waals surface area (Å²) in [7, 11) is 0. The first-order valence-electron chi connectivity index (χ1n) is 11.0. The fourth-order valence-electron chi connectivity index (χ4n) is 4.33. The number of hydrogen-bond acceptors (Lipinski definition) is 6. The molecule has 0 unspecified atom stereocenters. The van der Waals surface area contributed by atoms with Crippen LogP contribution in [0.3, 0.4) is 0 Å². The smallest absolute Gasteiger partial charge is 0.165 e. The Balaban J connectivity index is 0.00000256. The molecule has 1 N–H and O–H groups in total. The largest absolute Gasteiger partial charge is 0.490 e. The molecule has 2 aliphatic rings. The summed E-state index contributed by atoms with van der Waals surface area (Å²) in [5.74, 6) is 4.55. The molecule has 0 atom stereocenters. The monoisotopic (exact) mass is 435 g/mol. The van der Waals surface area contributed by atoms with E-state index in [4.69, 9.17) is 9.47 Å². The number of rotatable bonds is 8. The van der Waals surface area contributed by atoms with Gasteiger partial charge < -0.3 is 19.4 Å². The minimum Gasteiger partial charge on any atom is -0.490 e. The van der Waals surface area contributed by atoms with Crippen molar-refractivity contribution in [3.63, 3.8) is 0 Å². The molecule has 2 aromatic rings. The lowest BCUT2D eigenvalue weighted by Gasteiger charge is -2.32. The molecule has 8 heteroatoms. The molecular weight excluding hydrogens is 402 g/mol. The summed E-state index contributed by atoms with van der Waals surface area (Å²) in [6, 6.07) is 6.25. The van der Waals surface area contributed by atoms with Gasteiger partial charge in [0.05, 0.1) is 19.8 Å². The van der Waals surface area contributed by atoms with Gasteiger partial charge in [0.2, 0.25) is 0 Å². The summed E-state index contributed by atoms with van der Waals surface area (Å²) < 4.78 is 14.2. The highest BCUT2D eigenvalue weighted by atomic mass is 35.5. The topological polar surface area (TPSA) is 64.4 Å². The molecule has 30 heavy (non-hydrogen) atoms. The van der Waals surface area contributed by atoms with Crippen LogP contribution in [-0.4, -0.2) is 52.5 Å². The van der Waals surface area contributed by atoms with Gasteiger partial charge in [-0.05, 0) is 45.3 Å². The SMILES string of the molecule is CCCOc1c(CN2CCC(c3nnc4n3CCNC4)CC2)cccc1OCC.Cl. The second kappa shape index (κ2) is 11.0. The van der Waals surface area contributed by atoms with Crippen molar-refractivity contribution in [3.8, 4) is 11.5 Å². The van der Waals surface area contributed by atoms with Crippen molar-refractivity contribution in [2.75, 3.05) is 32.8 Å². The number of para-hydroxylation sites is 1. The van der Waals surface area contributed by atoms with Crippen molar-refractivity contribution in [3.05, 3.63) is 35.4 Å². The highest BCUT2D eigenvalue weighted by Gasteiger charge is 2.27. The van der Waals surface area contributed by atoms with Gasteiger partial charge in [-0.3, -0.25) is 4.90 Å². The van der Waals surface area contributed by atoms with Crippen LogP contribution in [0.4, 0.5) is 0 Å². The van der Waals surface area contributed by atoms with E-state index >= 15 is 0 Å². The third-order valence-electron chi connectivity index (χ3n) is 5.81. The molecule has 3 heterocycles. The van der Waals surface area contributed by atoms with E-state index in [0.717, 1.165) is 75.9 Å². The average molecular weight is 436 g/mol. The van der Waals surface area contributed by atoms with Crippen molar-refractivity contribution in [1.82, 2.24) is 25.0 Å². The number of nitrogens with one attached hydrogen (secondary N) is 1. The van der Waals surface area contributed by atoms with Gasteiger partial charge in [-0.15, -0.1) is 22.6 Å². The molecule has 1 fully saturated rings.